The largest absolute Gasteiger partial charge is 0.302 e. The number of hydrogen-bond donors (Lipinski definition) is 0. The molecule has 0 saturated heterocycles. The van der Waals surface area contributed by atoms with Crippen LogP contribution in [0.1, 0.15) is 80.8 Å². The predicted molar refractivity (Wildman–Crippen MR) is 258 cm³/mol. The lowest BCUT2D eigenvalue weighted by molar-refractivity contribution is 0.660. The van der Waals surface area contributed by atoms with Crippen molar-refractivity contribution in [2.45, 2.75) is 65.2 Å². The van der Waals surface area contributed by atoms with Crippen molar-refractivity contribution in [3.05, 3.63) is 215 Å². The number of anilines is 3. The van der Waals surface area contributed by atoms with Crippen molar-refractivity contribution in [1.82, 2.24) is 0 Å². The van der Waals surface area contributed by atoms with E-state index in [0.29, 0.717) is 0 Å². The van der Waals surface area contributed by atoms with E-state index in [4.69, 9.17) is 0 Å². The van der Waals surface area contributed by atoms with E-state index in [1.165, 1.54) is 99.9 Å². The number of fused-ring (bicyclic) bond motifs is 7. The Bertz CT molecular complexity index is 3050. The third-order valence-corrected chi connectivity index (χ3v) is 14.1. The van der Waals surface area contributed by atoms with Crippen LogP contribution in [0.15, 0.2) is 169 Å². The number of aryl methyl sites for hydroxylation is 1. The third-order valence-electron chi connectivity index (χ3n) is 14.1. The Balaban J connectivity index is 1.26. The number of benzene rings is 7. The standard InChI is InChI=1S/C60H49N/c1-38-18-7-10-22-44(38)52-34-41(47-27-17-21-40-20-9-12-24-46(40)47)35-53(45-23-11-8-19-39(45)2)58(52)61(42-30-32-50-48-25-13-15-28-54(48)59(3,4)56(50)36-42)43-31-33-51-49-26-14-16-29-55(49)60(5,6)57(51)37-43/h7-10,12-22,24-30,32,34-37H,11,23H2,1-6H3. The smallest absolute Gasteiger partial charge is 0.0977 e. The Hall–Kier alpha value is -6.88. The van der Waals surface area contributed by atoms with Crippen LogP contribution in [0.3, 0.4) is 0 Å². The normalized spacial score (nSPS) is 15.2. The molecule has 0 spiro atoms. The first-order valence-corrected chi connectivity index (χ1v) is 21.8. The summed E-state index contributed by atoms with van der Waals surface area (Å²) < 4.78 is 0. The molecule has 0 aliphatic heterocycles. The van der Waals surface area contributed by atoms with Gasteiger partial charge in [0.15, 0.2) is 0 Å². The molecule has 1 nitrogen and oxygen atoms in total. The van der Waals surface area contributed by atoms with Gasteiger partial charge >= 0.3 is 0 Å². The van der Waals surface area contributed by atoms with Gasteiger partial charge in [-0.25, -0.2) is 0 Å². The van der Waals surface area contributed by atoms with Gasteiger partial charge in [-0.15, -0.1) is 0 Å². The van der Waals surface area contributed by atoms with E-state index in [2.05, 4.69) is 222 Å². The first-order chi connectivity index (χ1) is 29.6. The molecular formula is C60H49N. The Kier molecular flexibility index (Phi) is 8.43. The van der Waals surface area contributed by atoms with Crippen LogP contribution in [0, 0.1) is 19.1 Å². The van der Waals surface area contributed by atoms with E-state index in [0.717, 1.165) is 29.8 Å². The van der Waals surface area contributed by atoms with Crippen molar-refractivity contribution in [1.29, 1.82) is 0 Å². The monoisotopic (exact) mass is 783 g/mol. The molecule has 11 rings (SSSR count). The van der Waals surface area contributed by atoms with Crippen molar-refractivity contribution in [3.8, 4) is 44.5 Å². The summed E-state index contributed by atoms with van der Waals surface area (Å²) in [5.41, 5.74) is 23.4. The molecule has 0 N–H and O–H groups in total. The average molecular weight is 784 g/mol. The number of nitrogens with zero attached hydrogens (tertiary/aromatic N) is 1. The van der Waals surface area contributed by atoms with Crippen molar-refractivity contribution < 1.29 is 0 Å². The van der Waals surface area contributed by atoms with Gasteiger partial charge in [-0.3, -0.25) is 0 Å². The molecular weight excluding hydrogens is 735 g/mol. The maximum atomic E-state index is 3.83. The zero-order chi connectivity index (χ0) is 41.6. The zero-order valence-electron chi connectivity index (χ0n) is 35.9. The lowest BCUT2D eigenvalue weighted by Gasteiger charge is -2.33. The fourth-order valence-electron chi connectivity index (χ4n) is 10.8. The molecule has 0 saturated carbocycles. The molecule has 3 aliphatic rings. The van der Waals surface area contributed by atoms with Crippen LogP contribution in [0.2, 0.25) is 0 Å². The third kappa shape index (κ3) is 5.70. The highest BCUT2D eigenvalue weighted by atomic mass is 15.1. The first kappa shape index (κ1) is 37.1. The number of allylic oxidation sites excluding steroid dienone is 4. The fourth-order valence-corrected chi connectivity index (χ4v) is 10.8. The van der Waals surface area contributed by atoms with Crippen molar-refractivity contribution >= 4 is 33.4 Å². The van der Waals surface area contributed by atoms with Crippen LogP contribution in [0.4, 0.5) is 17.1 Å². The van der Waals surface area contributed by atoms with Gasteiger partial charge in [0.1, 0.15) is 0 Å². The highest BCUT2D eigenvalue weighted by Gasteiger charge is 2.38. The van der Waals surface area contributed by atoms with E-state index in [1.54, 1.807) is 0 Å². The van der Waals surface area contributed by atoms with Crippen molar-refractivity contribution in [3.63, 3.8) is 0 Å². The Morgan fingerprint density at radius 2 is 1.15 bits per heavy atom. The van der Waals surface area contributed by atoms with Crippen LogP contribution in [-0.2, 0) is 10.8 Å². The molecule has 294 valence electrons. The number of rotatable bonds is 6. The van der Waals surface area contributed by atoms with E-state index >= 15 is 0 Å². The molecule has 8 aromatic rings. The Morgan fingerprint density at radius 3 is 1.95 bits per heavy atom. The molecule has 0 amide bonds. The second-order valence-corrected chi connectivity index (χ2v) is 18.3. The maximum absolute atomic E-state index is 3.83. The summed E-state index contributed by atoms with van der Waals surface area (Å²) in [6.45, 7) is 14.0. The van der Waals surface area contributed by atoms with Crippen LogP contribution in [0.5, 0.6) is 0 Å². The summed E-state index contributed by atoms with van der Waals surface area (Å²) in [4.78, 5) is 2.54. The van der Waals surface area contributed by atoms with Gasteiger partial charge in [0.25, 0.3) is 0 Å². The van der Waals surface area contributed by atoms with Crippen LogP contribution in [0.25, 0.3) is 60.9 Å². The van der Waals surface area contributed by atoms with E-state index in [-0.39, 0.29) is 10.8 Å². The highest BCUT2D eigenvalue weighted by molar-refractivity contribution is 6.03. The minimum Gasteiger partial charge on any atom is -0.302 e. The lowest BCUT2D eigenvalue weighted by atomic mass is 9.81. The minimum atomic E-state index is -0.202. The molecule has 61 heavy (non-hydrogen) atoms. The second kappa shape index (κ2) is 13.8. The number of hydrogen-bond acceptors (Lipinski definition) is 1. The average Bonchev–Trinajstić information content (AvgIpc) is 3.65. The predicted octanol–water partition coefficient (Wildman–Crippen LogP) is 16.3. The molecule has 3 aliphatic carbocycles. The minimum absolute atomic E-state index is 0.168. The SMILES string of the molecule is CC1=C(c2cc(-c3cccc4ccccc34)cc(-c3ccccc3C)c2N(c2c#cc3c(c2)C(C)(C)c2ccccc2-3)c2ccc3c(c2)C(C)(C)c2ccccc2-3)CCC=C1. The highest BCUT2D eigenvalue weighted by Crippen LogP contribution is 2.55. The lowest BCUT2D eigenvalue weighted by Crippen LogP contribution is -2.19. The first-order valence-electron chi connectivity index (χ1n) is 21.8. The quantitative estimate of drug-likeness (QED) is 0.162. The second-order valence-electron chi connectivity index (χ2n) is 18.3. The molecule has 0 atom stereocenters. The molecule has 0 heterocycles. The van der Waals surface area contributed by atoms with Gasteiger partial charge in [-0.1, -0.05) is 167 Å². The molecule has 0 fully saturated rings. The molecule has 8 aromatic carbocycles. The molecule has 1 heteroatoms. The van der Waals surface area contributed by atoms with Gasteiger partial charge < -0.3 is 4.90 Å². The van der Waals surface area contributed by atoms with E-state index in [1.807, 2.05) is 0 Å². The van der Waals surface area contributed by atoms with Gasteiger partial charge in [-0.2, -0.15) is 0 Å². The summed E-state index contributed by atoms with van der Waals surface area (Å²) in [6.07, 6.45) is 6.62. The van der Waals surface area contributed by atoms with E-state index in [9.17, 15) is 0 Å². The fraction of sp³-hybridized carbons (Fsp3) is 0.167. The molecule has 0 radical (unpaired) electrons. The van der Waals surface area contributed by atoms with Crippen LogP contribution >= 0.6 is 0 Å². The van der Waals surface area contributed by atoms with Gasteiger partial charge in [0.2, 0.25) is 0 Å². The summed E-state index contributed by atoms with van der Waals surface area (Å²) in [5.74, 6) is 0. The molecule has 0 bridgehead atoms. The summed E-state index contributed by atoms with van der Waals surface area (Å²) in [5, 5.41) is 2.50. The Labute approximate surface area is 361 Å². The van der Waals surface area contributed by atoms with Crippen LogP contribution < -0.4 is 4.90 Å². The van der Waals surface area contributed by atoms with Gasteiger partial charge in [0.05, 0.1) is 11.4 Å². The summed E-state index contributed by atoms with van der Waals surface area (Å²) in [7, 11) is 0. The summed E-state index contributed by atoms with van der Waals surface area (Å²) in [6, 6.07) is 64.4. The Morgan fingerprint density at radius 1 is 0.508 bits per heavy atom. The summed E-state index contributed by atoms with van der Waals surface area (Å²) >= 11 is 0. The van der Waals surface area contributed by atoms with Gasteiger partial charge in [0, 0.05) is 33.2 Å². The van der Waals surface area contributed by atoms with Crippen LogP contribution in [-0.4, -0.2) is 0 Å². The van der Waals surface area contributed by atoms with Gasteiger partial charge in [-0.05, 0) is 146 Å². The van der Waals surface area contributed by atoms with E-state index < -0.39 is 0 Å². The van der Waals surface area contributed by atoms with Crippen molar-refractivity contribution in [2.24, 2.45) is 0 Å². The molecule has 0 aromatic heterocycles. The zero-order valence-corrected chi connectivity index (χ0v) is 35.9. The molecule has 0 unspecified atom stereocenters. The van der Waals surface area contributed by atoms with Crippen molar-refractivity contribution in [2.75, 3.05) is 4.90 Å². The topological polar surface area (TPSA) is 3.24 Å². The maximum Gasteiger partial charge on any atom is 0.0977 e.